The van der Waals surface area contributed by atoms with Crippen LogP contribution in [0.5, 0.6) is 0 Å². The Morgan fingerprint density at radius 2 is 2.24 bits per heavy atom. The molecule has 0 aromatic carbocycles. The van der Waals surface area contributed by atoms with Gasteiger partial charge in [0.05, 0.1) is 18.3 Å². The molecule has 0 radical (unpaired) electrons. The predicted octanol–water partition coefficient (Wildman–Crippen LogP) is 1.04. The summed E-state index contributed by atoms with van der Waals surface area (Å²) in [6.45, 7) is 1.69. The zero-order chi connectivity index (χ0) is 14.2. The van der Waals surface area contributed by atoms with Crippen molar-refractivity contribution in [1.82, 2.24) is 25.0 Å². The first-order chi connectivity index (χ1) is 10.3. The monoisotopic (exact) mass is 287 g/mol. The fraction of sp³-hybridized carbons (Fsp3) is 0.571. The van der Waals surface area contributed by atoms with E-state index in [1.54, 1.807) is 18.6 Å². The number of hydrogen-bond donors (Lipinski definition) is 1. The number of aromatic nitrogens is 4. The third-order valence-corrected chi connectivity index (χ3v) is 4.09. The van der Waals surface area contributed by atoms with Crippen molar-refractivity contribution in [3.05, 3.63) is 24.5 Å². The normalized spacial score (nSPS) is 26.3. The average Bonchev–Trinajstić information content (AvgIpc) is 3.05. The second kappa shape index (κ2) is 5.16. The van der Waals surface area contributed by atoms with Crippen LogP contribution in [-0.2, 0) is 0 Å². The molecule has 110 valence electrons. The van der Waals surface area contributed by atoms with Crippen molar-refractivity contribution in [3.8, 4) is 11.5 Å². The van der Waals surface area contributed by atoms with E-state index in [0.717, 1.165) is 12.5 Å². The smallest absolute Gasteiger partial charge is 0.244 e. The predicted molar refractivity (Wildman–Crippen MR) is 73.0 cm³/mol. The molecule has 7 heteroatoms. The van der Waals surface area contributed by atoms with Crippen molar-refractivity contribution >= 4 is 0 Å². The van der Waals surface area contributed by atoms with Gasteiger partial charge in [0.25, 0.3) is 0 Å². The van der Waals surface area contributed by atoms with Gasteiger partial charge in [-0.15, -0.1) is 0 Å². The lowest BCUT2D eigenvalue weighted by atomic mass is 10.2. The quantitative estimate of drug-likeness (QED) is 0.898. The van der Waals surface area contributed by atoms with Crippen LogP contribution >= 0.6 is 0 Å². The molecule has 7 nitrogen and oxygen atoms in total. The van der Waals surface area contributed by atoms with E-state index in [1.807, 2.05) is 0 Å². The number of β-amino-alcohol motifs (C(OH)–C–C–N with tert-alkyl or cyclic N) is 1. The van der Waals surface area contributed by atoms with Gasteiger partial charge in [-0.25, -0.2) is 4.98 Å². The van der Waals surface area contributed by atoms with Crippen LogP contribution in [0.15, 0.2) is 23.1 Å². The fourth-order valence-corrected chi connectivity index (χ4v) is 2.86. The Morgan fingerprint density at radius 3 is 3.00 bits per heavy atom. The Hall–Kier alpha value is -1.86. The molecular formula is C14H17N5O2. The zero-order valence-electron chi connectivity index (χ0n) is 11.6. The fourth-order valence-electron chi connectivity index (χ4n) is 2.86. The number of likely N-dealkylation sites (tertiary alicyclic amines) is 1. The summed E-state index contributed by atoms with van der Waals surface area (Å²) in [5, 5.41) is 13.9. The van der Waals surface area contributed by atoms with Crippen molar-refractivity contribution < 1.29 is 9.63 Å². The number of hydrogen-bond acceptors (Lipinski definition) is 7. The van der Waals surface area contributed by atoms with E-state index in [1.165, 1.54) is 12.8 Å². The summed E-state index contributed by atoms with van der Waals surface area (Å²) in [4.78, 5) is 14.9. The molecule has 4 rings (SSSR count). The molecule has 2 atom stereocenters. The largest absolute Gasteiger partial charge is 0.392 e. The van der Waals surface area contributed by atoms with Gasteiger partial charge in [-0.2, -0.15) is 4.98 Å². The highest BCUT2D eigenvalue weighted by Crippen LogP contribution is 2.37. The summed E-state index contributed by atoms with van der Waals surface area (Å²) < 4.78 is 5.40. The molecule has 1 saturated heterocycles. The lowest BCUT2D eigenvalue weighted by Crippen LogP contribution is -2.27. The van der Waals surface area contributed by atoms with Gasteiger partial charge in [0.2, 0.25) is 11.7 Å². The van der Waals surface area contributed by atoms with E-state index in [-0.39, 0.29) is 12.1 Å². The van der Waals surface area contributed by atoms with Crippen molar-refractivity contribution in [2.75, 3.05) is 13.1 Å². The maximum absolute atomic E-state index is 9.93. The second-order valence-electron chi connectivity index (χ2n) is 5.85. The van der Waals surface area contributed by atoms with E-state index in [0.29, 0.717) is 30.4 Å². The second-order valence-corrected chi connectivity index (χ2v) is 5.85. The van der Waals surface area contributed by atoms with E-state index in [2.05, 4.69) is 25.0 Å². The van der Waals surface area contributed by atoms with E-state index < -0.39 is 0 Å². The molecule has 2 fully saturated rings. The summed E-state index contributed by atoms with van der Waals surface area (Å²) in [6, 6.07) is 0.0125. The van der Waals surface area contributed by atoms with Gasteiger partial charge < -0.3 is 9.63 Å². The van der Waals surface area contributed by atoms with Crippen LogP contribution in [0.4, 0.5) is 0 Å². The third kappa shape index (κ3) is 2.66. The van der Waals surface area contributed by atoms with Gasteiger partial charge in [-0.05, 0) is 25.2 Å². The van der Waals surface area contributed by atoms with E-state index in [4.69, 9.17) is 4.52 Å². The number of aliphatic hydroxyl groups is 1. The van der Waals surface area contributed by atoms with E-state index in [9.17, 15) is 5.11 Å². The van der Waals surface area contributed by atoms with Gasteiger partial charge in [0, 0.05) is 25.5 Å². The molecule has 2 aliphatic rings. The highest BCUT2D eigenvalue weighted by molar-refractivity contribution is 5.45. The van der Waals surface area contributed by atoms with Crippen LogP contribution in [0.3, 0.4) is 0 Å². The van der Waals surface area contributed by atoms with Crippen molar-refractivity contribution in [3.63, 3.8) is 0 Å². The molecule has 21 heavy (non-hydrogen) atoms. The average molecular weight is 287 g/mol. The molecule has 2 aromatic heterocycles. The first kappa shape index (κ1) is 12.8. The highest BCUT2D eigenvalue weighted by Gasteiger charge is 2.38. The SMILES string of the molecule is O[C@@H]1C[C@@H](c2nc(-c3cnccn3)no2)N(CC2CC2)C1. The minimum Gasteiger partial charge on any atom is -0.392 e. The molecule has 0 spiro atoms. The lowest BCUT2D eigenvalue weighted by Gasteiger charge is -2.20. The first-order valence-corrected chi connectivity index (χ1v) is 7.31. The molecule has 1 aliphatic carbocycles. The summed E-state index contributed by atoms with van der Waals surface area (Å²) >= 11 is 0. The number of aliphatic hydroxyl groups excluding tert-OH is 1. The third-order valence-electron chi connectivity index (χ3n) is 4.09. The van der Waals surface area contributed by atoms with Gasteiger partial charge in [0.15, 0.2) is 0 Å². The molecule has 1 N–H and O–H groups in total. The maximum atomic E-state index is 9.93. The summed E-state index contributed by atoms with van der Waals surface area (Å²) in [5.41, 5.74) is 0.597. The Kier molecular flexibility index (Phi) is 3.16. The van der Waals surface area contributed by atoms with Crippen LogP contribution in [-0.4, -0.2) is 49.3 Å². The minimum atomic E-state index is -0.319. The van der Waals surface area contributed by atoms with Crippen LogP contribution in [0.25, 0.3) is 11.5 Å². The summed E-state index contributed by atoms with van der Waals surface area (Å²) in [6.07, 6.45) is 7.72. The van der Waals surface area contributed by atoms with Crippen molar-refractivity contribution in [1.29, 1.82) is 0 Å². The van der Waals surface area contributed by atoms with Gasteiger partial charge in [-0.3, -0.25) is 9.88 Å². The first-order valence-electron chi connectivity index (χ1n) is 7.31. The van der Waals surface area contributed by atoms with E-state index >= 15 is 0 Å². The Bertz CT molecular complexity index is 613. The minimum absolute atomic E-state index is 0.0125. The van der Waals surface area contributed by atoms with Crippen LogP contribution < -0.4 is 0 Å². The van der Waals surface area contributed by atoms with Gasteiger partial charge in [-0.1, -0.05) is 5.16 Å². The molecule has 0 bridgehead atoms. The van der Waals surface area contributed by atoms with Gasteiger partial charge in [0.1, 0.15) is 5.69 Å². The molecule has 0 amide bonds. The van der Waals surface area contributed by atoms with Crippen LogP contribution in [0.2, 0.25) is 0 Å². The van der Waals surface area contributed by atoms with Gasteiger partial charge >= 0.3 is 0 Å². The topological polar surface area (TPSA) is 88.2 Å². The van der Waals surface area contributed by atoms with Crippen molar-refractivity contribution in [2.24, 2.45) is 5.92 Å². The summed E-state index contributed by atoms with van der Waals surface area (Å²) in [7, 11) is 0. The Labute approximate surface area is 122 Å². The molecule has 1 saturated carbocycles. The number of nitrogens with zero attached hydrogens (tertiary/aromatic N) is 5. The van der Waals surface area contributed by atoms with Crippen LogP contribution in [0.1, 0.15) is 31.2 Å². The molecule has 3 heterocycles. The summed E-state index contributed by atoms with van der Waals surface area (Å²) in [5.74, 6) is 1.78. The lowest BCUT2D eigenvalue weighted by molar-refractivity contribution is 0.170. The van der Waals surface area contributed by atoms with Crippen molar-refractivity contribution in [2.45, 2.75) is 31.4 Å². The highest BCUT2D eigenvalue weighted by atomic mass is 16.5. The standard InChI is InChI=1S/C14H17N5O2/c20-10-5-12(19(8-10)7-9-1-2-9)14-17-13(18-21-14)11-6-15-3-4-16-11/h3-4,6,9-10,12,20H,1-2,5,7-8H2/t10-,12+/m1/s1. The zero-order valence-corrected chi connectivity index (χ0v) is 11.6. The Balaban J connectivity index is 1.56. The maximum Gasteiger partial charge on any atom is 0.244 e. The molecule has 2 aromatic rings. The molecular weight excluding hydrogens is 270 g/mol. The number of rotatable bonds is 4. The molecule has 0 unspecified atom stereocenters. The Morgan fingerprint density at radius 1 is 1.33 bits per heavy atom. The molecule has 1 aliphatic heterocycles. The van der Waals surface area contributed by atoms with Crippen LogP contribution in [0, 0.1) is 5.92 Å².